The molecule has 0 unspecified atom stereocenters. The molecule has 0 atom stereocenters. The van der Waals surface area contributed by atoms with Gasteiger partial charge in [-0.15, -0.1) is 0 Å². The molecule has 0 amide bonds. The summed E-state index contributed by atoms with van der Waals surface area (Å²) in [5, 5.41) is 0. The van der Waals surface area contributed by atoms with Crippen molar-refractivity contribution in [2.45, 2.75) is 31.1 Å². The maximum atomic E-state index is 12.5. The topological polar surface area (TPSA) is 63.4 Å². The standard InChI is InChI=1S/C14H20N2O2S2/c1-2-16(10-12-3-4-12)20(17,18)13-7-5-11(6-8-13)9-14(15)19/h5-8,12H,2-4,9-10H2,1H3,(H2,15,19). The highest BCUT2D eigenvalue weighted by molar-refractivity contribution is 7.89. The average Bonchev–Trinajstić information content (AvgIpc) is 3.19. The molecule has 20 heavy (non-hydrogen) atoms. The first kappa shape index (κ1) is 15.4. The van der Waals surface area contributed by atoms with E-state index in [9.17, 15) is 8.42 Å². The van der Waals surface area contributed by atoms with E-state index >= 15 is 0 Å². The van der Waals surface area contributed by atoms with E-state index in [0.29, 0.717) is 35.3 Å². The number of nitrogens with two attached hydrogens (primary N) is 1. The second kappa shape index (κ2) is 6.20. The third-order valence-corrected chi connectivity index (χ3v) is 5.55. The van der Waals surface area contributed by atoms with Gasteiger partial charge in [-0.2, -0.15) is 4.31 Å². The molecule has 0 aliphatic heterocycles. The fraction of sp³-hybridized carbons (Fsp3) is 0.500. The summed E-state index contributed by atoms with van der Waals surface area (Å²) in [6.07, 6.45) is 2.77. The normalized spacial score (nSPS) is 15.5. The van der Waals surface area contributed by atoms with Crippen LogP contribution in [0.25, 0.3) is 0 Å². The molecule has 1 aromatic carbocycles. The van der Waals surface area contributed by atoms with Gasteiger partial charge in [-0.1, -0.05) is 31.3 Å². The van der Waals surface area contributed by atoms with Gasteiger partial charge < -0.3 is 5.73 Å². The molecule has 1 aromatic rings. The van der Waals surface area contributed by atoms with E-state index in [2.05, 4.69) is 0 Å². The van der Waals surface area contributed by atoms with Gasteiger partial charge in [-0.3, -0.25) is 0 Å². The van der Waals surface area contributed by atoms with Crippen LogP contribution < -0.4 is 5.73 Å². The van der Waals surface area contributed by atoms with Crippen molar-refractivity contribution in [3.63, 3.8) is 0 Å². The Bertz CT molecular complexity index is 578. The first-order chi connectivity index (χ1) is 9.43. The van der Waals surface area contributed by atoms with Crippen molar-refractivity contribution in [1.29, 1.82) is 0 Å². The number of nitrogens with zero attached hydrogens (tertiary/aromatic N) is 1. The van der Waals surface area contributed by atoms with Gasteiger partial charge >= 0.3 is 0 Å². The van der Waals surface area contributed by atoms with Gasteiger partial charge in [0.15, 0.2) is 0 Å². The Morgan fingerprint density at radius 3 is 2.40 bits per heavy atom. The summed E-state index contributed by atoms with van der Waals surface area (Å²) in [4.78, 5) is 0.746. The van der Waals surface area contributed by atoms with Crippen LogP contribution >= 0.6 is 12.2 Å². The molecule has 0 heterocycles. The number of hydrogen-bond acceptors (Lipinski definition) is 3. The molecule has 2 N–H and O–H groups in total. The molecule has 1 aliphatic rings. The van der Waals surface area contributed by atoms with Crippen LogP contribution in [0.2, 0.25) is 0 Å². The number of thiocarbonyl (C=S) groups is 1. The van der Waals surface area contributed by atoms with Crippen molar-refractivity contribution < 1.29 is 8.42 Å². The van der Waals surface area contributed by atoms with E-state index in [1.54, 1.807) is 28.6 Å². The van der Waals surface area contributed by atoms with Gasteiger partial charge in [0.2, 0.25) is 10.0 Å². The van der Waals surface area contributed by atoms with E-state index in [1.165, 1.54) is 0 Å². The summed E-state index contributed by atoms with van der Waals surface area (Å²) in [5.41, 5.74) is 6.42. The fourth-order valence-corrected chi connectivity index (χ4v) is 3.81. The highest BCUT2D eigenvalue weighted by Crippen LogP contribution is 2.31. The van der Waals surface area contributed by atoms with Gasteiger partial charge in [0.05, 0.1) is 9.88 Å². The molecule has 110 valence electrons. The molecule has 6 heteroatoms. The molecule has 0 aromatic heterocycles. The lowest BCUT2D eigenvalue weighted by Gasteiger charge is -2.20. The van der Waals surface area contributed by atoms with Crippen LogP contribution in [0.4, 0.5) is 0 Å². The van der Waals surface area contributed by atoms with Crippen molar-refractivity contribution in [2.24, 2.45) is 11.7 Å². The highest BCUT2D eigenvalue weighted by atomic mass is 32.2. The molecular weight excluding hydrogens is 292 g/mol. The molecule has 0 bridgehead atoms. The van der Waals surface area contributed by atoms with E-state index in [1.807, 2.05) is 6.92 Å². The quantitative estimate of drug-likeness (QED) is 0.782. The fourth-order valence-electron chi connectivity index (χ4n) is 2.12. The van der Waals surface area contributed by atoms with Gasteiger partial charge in [0, 0.05) is 19.5 Å². The van der Waals surface area contributed by atoms with Crippen LogP contribution in [-0.2, 0) is 16.4 Å². The Kier molecular flexibility index (Phi) is 4.78. The smallest absolute Gasteiger partial charge is 0.243 e. The Balaban J connectivity index is 2.17. The van der Waals surface area contributed by atoms with E-state index in [4.69, 9.17) is 18.0 Å². The summed E-state index contributed by atoms with van der Waals surface area (Å²) in [6, 6.07) is 6.82. The van der Waals surface area contributed by atoms with Gasteiger partial charge in [0.25, 0.3) is 0 Å². The maximum absolute atomic E-state index is 12.5. The Morgan fingerprint density at radius 2 is 1.95 bits per heavy atom. The summed E-state index contributed by atoms with van der Waals surface area (Å²) in [5.74, 6) is 0.540. The van der Waals surface area contributed by atoms with Crippen molar-refractivity contribution in [1.82, 2.24) is 4.31 Å². The van der Waals surface area contributed by atoms with E-state index < -0.39 is 10.0 Å². The summed E-state index contributed by atoms with van der Waals surface area (Å²) >= 11 is 4.85. The third-order valence-electron chi connectivity index (χ3n) is 3.45. The van der Waals surface area contributed by atoms with E-state index in [0.717, 1.165) is 18.4 Å². The number of sulfonamides is 1. The summed E-state index contributed by atoms with van der Waals surface area (Å²) in [7, 11) is -3.38. The Labute approximate surface area is 126 Å². The molecule has 4 nitrogen and oxygen atoms in total. The second-order valence-corrected chi connectivity index (χ2v) is 7.65. The number of benzene rings is 1. The largest absolute Gasteiger partial charge is 0.393 e. The first-order valence-corrected chi connectivity index (χ1v) is 8.65. The summed E-state index contributed by atoms with van der Waals surface area (Å²) in [6.45, 7) is 3.02. The Hall–Kier alpha value is -0.980. The zero-order chi connectivity index (χ0) is 14.8. The van der Waals surface area contributed by atoms with Crippen LogP contribution in [0.15, 0.2) is 29.2 Å². The first-order valence-electron chi connectivity index (χ1n) is 6.81. The predicted octanol–water partition coefficient (Wildman–Crippen LogP) is 1.94. The number of hydrogen-bond donors (Lipinski definition) is 1. The molecule has 0 saturated heterocycles. The van der Waals surface area contributed by atoms with Crippen molar-refractivity contribution in [3.05, 3.63) is 29.8 Å². The van der Waals surface area contributed by atoms with Crippen molar-refractivity contribution in [2.75, 3.05) is 13.1 Å². The molecular formula is C14H20N2O2S2. The zero-order valence-corrected chi connectivity index (χ0v) is 13.2. The lowest BCUT2D eigenvalue weighted by Crippen LogP contribution is -2.32. The highest BCUT2D eigenvalue weighted by Gasteiger charge is 2.30. The molecule has 0 radical (unpaired) electrons. The van der Waals surface area contributed by atoms with Crippen LogP contribution in [0.1, 0.15) is 25.3 Å². The monoisotopic (exact) mass is 312 g/mol. The van der Waals surface area contributed by atoms with Gasteiger partial charge in [0.1, 0.15) is 0 Å². The Morgan fingerprint density at radius 1 is 1.35 bits per heavy atom. The molecule has 1 aliphatic carbocycles. The third kappa shape index (κ3) is 3.77. The predicted molar refractivity (Wildman–Crippen MR) is 84.1 cm³/mol. The van der Waals surface area contributed by atoms with Gasteiger partial charge in [-0.25, -0.2) is 8.42 Å². The van der Waals surface area contributed by atoms with Crippen LogP contribution in [-0.4, -0.2) is 30.8 Å². The minimum absolute atomic E-state index is 0.340. The minimum Gasteiger partial charge on any atom is -0.393 e. The van der Waals surface area contributed by atoms with E-state index in [-0.39, 0.29) is 0 Å². The van der Waals surface area contributed by atoms with Crippen molar-refractivity contribution in [3.8, 4) is 0 Å². The SMILES string of the molecule is CCN(CC1CC1)S(=O)(=O)c1ccc(CC(N)=S)cc1. The van der Waals surface area contributed by atoms with Crippen LogP contribution in [0.5, 0.6) is 0 Å². The minimum atomic E-state index is -3.38. The van der Waals surface area contributed by atoms with Crippen LogP contribution in [0.3, 0.4) is 0 Å². The second-order valence-electron chi connectivity index (χ2n) is 5.19. The molecule has 1 saturated carbocycles. The van der Waals surface area contributed by atoms with Crippen molar-refractivity contribution >= 4 is 27.2 Å². The average molecular weight is 312 g/mol. The maximum Gasteiger partial charge on any atom is 0.243 e. The molecule has 1 fully saturated rings. The van der Waals surface area contributed by atoms with Crippen LogP contribution in [0, 0.1) is 5.92 Å². The molecule has 2 rings (SSSR count). The lowest BCUT2D eigenvalue weighted by molar-refractivity contribution is 0.412. The van der Waals surface area contributed by atoms with Gasteiger partial charge in [-0.05, 0) is 36.5 Å². The zero-order valence-electron chi connectivity index (χ0n) is 11.6. The number of rotatable bonds is 7. The molecule has 0 spiro atoms. The summed E-state index contributed by atoms with van der Waals surface area (Å²) < 4.78 is 26.6. The lowest BCUT2D eigenvalue weighted by atomic mass is 10.1.